The fourth-order valence-electron chi connectivity index (χ4n) is 3.63. The van der Waals surface area contributed by atoms with Crippen LogP contribution in [0.25, 0.3) is 0 Å². The monoisotopic (exact) mass is 572 g/mol. The SMILES string of the molecule is C=CO[Si](OC)(OC)OC(COC(=O)CCCCCCC/C=C/CC(O)CCCCCC)COC(=O)C(=C)C. The lowest BCUT2D eigenvalue weighted by Crippen LogP contribution is -2.51. The quantitative estimate of drug-likeness (QED) is 0.0337. The third-order valence-corrected chi connectivity index (χ3v) is 8.01. The molecule has 10 heteroatoms. The summed E-state index contributed by atoms with van der Waals surface area (Å²) in [5.41, 5.74) is 0.234. The molecule has 0 radical (unpaired) electrons. The average Bonchev–Trinajstić information content (AvgIpc) is 2.92. The second-order valence-corrected chi connectivity index (χ2v) is 11.8. The smallest absolute Gasteiger partial charge is 0.487 e. The molecule has 0 aromatic rings. The minimum atomic E-state index is -3.59. The third-order valence-electron chi connectivity index (χ3n) is 5.94. The van der Waals surface area contributed by atoms with Crippen LogP contribution in [0, 0.1) is 0 Å². The van der Waals surface area contributed by atoms with E-state index in [-0.39, 0.29) is 37.3 Å². The molecule has 1 N–H and O–H groups in total. The second-order valence-electron chi connectivity index (χ2n) is 9.51. The first kappa shape index (κ1) is 37.0. The molecule has 0 saturated carbocycles. The summed E-state index contributed by atoms with van der Waals surface area (Å²) in [6, 6.07) is 0. The molecular formula is C29H52O9Si. The molecule has 0 aromatic carbocycles. The summed E-state index contributed by atoms with van der Waals surface area (Å²) >= 11 is 0. The molecule has 0 heterocycles. The number of esters is 2. The van der Waals surface area contributed by atoms with Crippen molar-refractivity contribution in [2.24, 2.45) is 0 Å². The van der Waals surface area contributed by atoms with Gasteiger partial charge in [-0.25, -0.2) is 4.79 Å². The Balaban J connectivity index is 4.23. The number of unbranched alkanes of at least 4 members (excludes halogenated alkanes) is 8. The maximum Gasteiger partial charge on any atom is 0.749 e. The van der Waals surface area contributed by atoms with Crippen molar-refractivity contribution in [2.75, 3.05) is 27.4 Å². The van der Waals surface area contributed by atoms with Gasteiger partial charge in [0.25, 0.3) is 0 Å². The molecule has 0 aliphatic heterocycles. The van der Waals surface area contributed by atoms with Crippen LogP contribution in [0.1, 0.15) is 97.3 Å². The van der Waals surface area contributed by atoms with Gasteiger partial charge in [-0.15, -0.1) is 0 Å². The zero-order chi connectivity index (χ0) is 29.4. The lowest BCUT2D eigenvalue weighted by Gasteiger charge is -2.28. The van der Waals surface area contributed by atoms with E-state index in [0.29, 0.717) is 0 Å². The number of hydrogen-bond donors (Lipinski definition) is 1. The van der Waals surface area contributed by atoms with Crippen LogP contribution < -0.4 is 0 Å². The summed E-state index contributed by atoms with van der Waals surface area (Å²) in [6.45, 7) is 10.4. The maximum atomic E-state index is 12.3. The van der Waals surface area contributed by atoms with Gasteiger partial charge >= 0.3 is 21.0 Å². The van der Waals surface area contributed by atoms with Gasteiger partial charge in [-0.05, 0) is 39.0 Å². The maximum absolute atomic E-state index is 12.3. The van der Waals surface area contributed by atoms with Crippen molar-refractivity contribution >= 4 is 21.0 Å². The number of carbonyl (C=O) groups excluding carboxylic acids is 2. The number of ether oxygens (including phenoxy) is 2. The zero-order valence-corrected chi connectivity index (χ0v) is 25.6. The second kappa shape index (κ2) is 23.9. The minimum absolute atomic E-state index is 0.163. The standard InChI is InChI=1S/C29H52O9Si/c1-7-9-10-17-20-26(30)21-18-15-13-11-12-14-16-19-22-28(31)35-23-27(24-36-29(32)25(3)4)38-39(33-5,34-6)37-8-2/h8,15,18,26-27,30H,2-3,7,9-14,16-17,19-24H2,1,4-6H3/b18-15+. The fraction of sp³-hybridized carbons (Fsp3) is 0.724. The van der Waals surface area contributed by atoms with Crippen LogP contribution >= 0.6 is 0 Å². The first-order valence-corrected chi connectivity index (χ1v) is 15.7. The molecule has 226 valence electrons. The van der Waals surface area contributed by atoms with Gasteiger partial charge in [0.1, 0.15) is 19.3 Å². The summed E-state index contributed by atoms with van der Waals surface area (Å²) < 4.78 is 32.2. The molecule has 0 aliphatic carbocycles. The largest absolute Gasteiger partial charge is 0.749 e. The molecule has 9 nitrogen and oxygen atoms in total. The van der Waals surface area contributed by atoms with Crippen LogP contribution in [0.15, 0.2) is 37.1 Å². The van der Waals surface area contributed by atoms with Crippen LogP contribution in [0.2, 0.25) is 0 Å². The Morgan fingerprint density at radius 3 is 2.21 bits per heavy atom. The van der Waals surface area contributed by atoms with E-state index in [0.717, 1.165) is 64.0 Å². The van der Waals surface area contributed by atoms with Gasteiger partial charge in [-0.3, -0.25) is 4.79 Å². The van der Waals surface area contributed by atoms with Gasteiger partial charge in [0.15, 0.2) is 0 Å². The van der Waals surface area contributed by atoms with Gasteiger partial charge in [-0.2, -0.15) is 0 Å². The molecule has 0 amide bonds. The van der Waals surface area contributed by atoms with E-state index < -0.39 is 21.1 Å². The van der Waals surface area contributed by atoms with Gasteiger partial charge < -0.3 is 32.3 Å². The highest BCUT2D eigenvalue weighted by Crippen LogP contribution is 2.15. The van der Waals surface area contributed by atoms with Crippen molar-refractivity contribution in [1.29, 1.82) is 0 Å². The Hall–Kier alpha value is -1.98. The molecule has 0 spiro atoms. The van der Waals surface area contributed by atoms with Crippen molar-refractivity contribution in [1.82, 2.24) is 0 Å². The number of hydrogen-bond acceptors (Lipinski definition) is 9. The van der Waals surface area contributed by atoms with E-state index in [4.69, 9.17) is 27.2 Å². The highest BCUT2D eigenvalue weighted by atomic mass is 28.4. The predicted octanol–water partition coefficient (Wildman–Crippen LogP) is 5.93. The van der Waals surface area contributed by atoms with Crippen LogP contribution in [0.3, 0.4) is 0 Å². The van der Waals surface area contributed by atoms with Crippen LogP contribution in [-0.2, 0) is 36.8 Å². The molecule has 0 saturated heterocycles. The van der Waals surface area contributed by atoms with Crippen molar-refractivity contribution in [2.45, 2.75) is 110 Å². The van der Waals surface area contributed by atoms with Crippen molar-refractivity contribution in [3.05, 3.63) is 37.1 Å². The number of carbonyl (C=O) groups is 2. The van der Waals surface area contributed by atoms with Crippen molar-refractivity contribution < 1.29 is 41.9 Å². The molecule has 2 atom stereocenters. The van der Waals surface area contributed by atoms with Crippen LogP contribution in [0.4, 0.5) is 0 Å². The zero-order valence-electron chi connectivity index (χ0n) is 24.6. The first-order chi connectivity index (χ1) is 18.7. The molecule has 2 unspecified atom stereocenters. The van der Waals surface area contributed by atoms with Gasteiger partial charge in [0.2, 0.25) is 0 Å². The molecule has 0 bridgehead atoms. The van der Waals surface area contributed by atoms with E-state index in [1.807, 2.05) is 0 Å². The first-order valence-electron chi connectivity index (χ1n) is 14.1. The highest BCUT2D eigenvalue weighted by molar-refractivity contribution is 6.53. The van der Waals surface area contributed by atoms with E-state index in [9.17, 15) is 14.7 Å². The van der Waals surface area contributed by atoms with E-state index in [1.54, 1.807) is 0 Å². The minimum Gasteiger partial charge on any atom is -0.487 e. The third kappa shape index (κ3) is 19.7. The Kier molecular flexibility index (Phi) is 22.7. The van der Waals surface area contributed by atoms with Crippen molar-refractivity contribution in [3.63, 3.8) is 0 Å². The summed E-state index contributed by atoms with van der Waals surface area (Å²) in [5, 5.41) is 9.99. The van der Waals surface area contributed by atoms with E-state index in [2.05, 4.69) is 32.2 Å². The summed E-state index contributed by atoms with van der Waals surface area (Å²) in [6.07, 6.45) is 16.8. The molecule has 0 fully saturated rings. The van der Waals surface area contributed by atoms with Gasteiger partial charge in [0.05, 0.1) is 12.4 Å². The number of aliphatic hydroxyl groups excluding tert-OH is 1. The predicted molar refractivity (Wildman–Crippen MR) is 154 cm³/mol. The summed E-state index contributed by atoms with van der Waals surface area (Å²) in [5.74, 6) is -0.953. The Morgan fingerprint density at radius 1 is 0.923 bits per heavy atom. The lowest BCUT2D eigenvalue weighted by molar-refractivity contribution is -0.153. The van der Waals surface area contributed by atoms with Crippen molar-refractivity contribution in [3.8, 4) is 0 Å². The Bertz CT molecular complexity index is 707. The van der Waals surface area contributed by atoms with Gasteiger partial charge in [0, 0.05) is 26.2 Å². The summed E-state index contributed by atoms with van der Waals surface area (Å²) in [4.78, 5) is 24.1. The fourth-order valence-corrected chi connectivity index (χ4v) is 4.99. The highest BCUT2D eigenvalue weighted by Gasteiger charge is 2.48. The van der Waals surface area contributed by atoms with E-state index in [1.165, 1.54) is 40.4 Å². The topological polar surface area (TPSA) is 110 Å². The Morgan fingerprint density at radius 2 is 1.56 bits per heavy atom. The van der Waals surface area contributed by atoms with Crippen LogP contribution in [-0.4, -0.2) is 65.7 Å². The molecule has 39 heavy (non-hydrogen) atoms. The number of aliphatic hydroxyl groups is 1. The molecule has 0 rings (SSSR count). The lowest BCUT2D eigenvalue weighted by atomic mass is 10.1. The molecule has 0 aliphatic rings. The summed E-state index contributed by atoms with van der Waals surface area (Å²) in [7, 11) is -0.864. The normalized spacial score (nSPS) is 13.2. The molecule has 0 aromatic heterocycles. The number of allylic oxidation sites excluding steroid dienone is 1. The van der Waals surface area contributed by atoms with E-state index >= 15 is 0 Å². The Labute approximate surface area is 237 Å². The van der Waals surface area contributed by atoms with Gasteiger partial charge in [-0.1, -0.05) is 77.2 Å². The molecular weight excluding hydrogens is 520 g/mol. The average molecular weight is 573 g/mol. The van der Waals surface area contributed by atoms with Crippen LogP contribution in [0.5, 0.6) is 0 Å². The number of rotatable bonds is 26.